The zero-order valence-corrected chi connectivity index (χ0v) is 17.2. The number of nitrogens with zero attached hydrogens (tertiary/aromatic N) is 2. The summed E-state index contributed by atoms with van der Waals surface area (Å²) in [4.78, 5) is 39.1. The van der Waals surface area contributed by atoms with Crippen molar-refractivity contribution >= 4 is 39.9 Å². The molecule has 1 aliphatic rings. The van der Waals surface area contributed by atoms with Gasteiger partial charge >= 0.3 is 0 Å². The number of rotatable bonds is 4. The third kappa shape index (κ3) is 3.34. The van der Waals surface area contributed by atoms with Gasteiger partial charge in [0.2, 0.25) is 0 Å². The molecule has 3 heterocycles. The van der Waals surface area contributed by atoms with E-state index in [-0.39, 0.29) is 16.8 Å². The van der Waals surface area contributed by atoms with E-state index in [9.17, 15) is 9.59 Å². The number of carbonyl (C=O) groups is 1. The Labute approximate surface area is 165 Å². The second-order valence-electron chi connectivity index (χ2n) is 7.64. The Balaban J connectivity index is 2.05. The van der Waals surface area contributed by atoms with Gasteiger partial charge in [-0.1, -0.05) is 38.6 Å². The summed E-state index contributed by atoms with van der Waals surface area (Å²) in [6.45, 7) is 6.25. The summed E-state index contributed by atoms with van der Waals surface area (Å²) in [6.07, 6.45) is 2.16. The van der Waals surface area contributed by atoms with Crippen LogP contribution in [0.4, 0.5) is 0 Å². The average Bonchev–Trinajstić information content (AvgIpc) is 3.11. The summed E-state index contributed by atoms with van der Waals surface area (Å²) < 4.78 is 0. The van der Waals surface area contributed by atoms with Crippen LogP contribution in [0.15, 0.2) is 27.5 Å². The molecule has 0 radical (unpaired) electrons. The summed E-state index contributed by atoms with van der Waals surface area (Å²) >= 11 is 3.05. The fourth-order valence-corrected chi connectivity index (χ4v) is 5.10. The standard InChI is InChI=1S/C20H21N3O2S2/c1-4-7-27-19-22-17-16(18(25)23-19)15(13-6-5-8-26-13)14-11(21-17)9-20(2,3)10-12(14)24/h5-6,8H,4,7,9-10H2,1-3H3,(H,21,22,23,25). The summed E-state index contributed by atoms with van der Waals surface area (Å²) in [6, 6.07) is 3.88. The Bertz CT molecular complexity index is 1080. The van der Waals surface area contributed by atoms with Crippen LogP contribution in [0.2, 0.25) is 0 Å². The number of hydrogen-bond acceptors (Lipinski definition) is 6. The first-order valence-electron chi connectivity index (χ1n) is 9.06. The minimum absolute atomic E-state index is 0.0582. The lowest BCUT2D eigenvalue weighted by Gasteiger charge is -2.30. The number of pyridine rings is 1. The van der Waals surface area contributed by atoms with Crippen LogP contribution in [-0.4, -0.2) is 26.5 Å². The third-order valence-corrected chi connectivity index (χ3v) is 6.65. The normalized spacial score (nSPS) is 15.9. The van der Waals surface area contributed by atoms with Crippen molar-refractivity contribution in [2.24, 2.45) is 5.41 Å². The zero-order chi connectivity index (χ0) is 19.2. The van der Waals surface area contributed by atoms with Crippen LogP contribution in [0.3, 0.4) is 0 Å². The number of nitrogens with one attached hydrogen (secondary N) is 1. The summed E-state index contributed by atoms with van der Waals surface area (Å²) in [5.74, 6) is 0.936. The van der Waals surface area contributed by atoms with E-state index in [1.165, 1.54) is 23.1 Å². The molecule has 3 aromatic rings. The van der Waals surface area contributed by atoms with E-state index in [4.69, 9.17) is 4.98 Å². The minimum Gasteiger partial charge on any atom is -0.301 e. The predicted molar refractivity (Wildman–Crippen MR) is 111 cm³/mol. The van der Waals surface area contributed by atoms with Gasteiger partial charge < -0.3 is 4.98 Å². The fourth-order valence-electron chi connectivity index (χ4n) is 3.60. The number of thiophene rings is 1. The highest BCUT2D eigenvalue weighted by Crippen LogP contribution is 2.41. The van der Waals surface area contributed by atoms with E-state index in [1.807, 2.05) is 17.5 Å². The highest BCUT2D eigenvalue weighted by atomic mass is 32.2. The molecule has 0 spiro atoms. The van der Waals surface area contributed by atoms with Gasteiger partial charge in [-0.25, -0.2) is 9.97 Å². The van der Waals surface area contributed by atoms with E-state index in [0.717, 1.165) is 22.7 Å². The van der Waals surface area contributed by atoms with Crippen molar-refractivity contribution in [3.05, 3.63) is 39.1 Å². The smallest absolute Gasteiger partial charge is 0.261 e. The zero-order valence-electron chi connectivity index (χ0n) is 15.6. The molecular weight excluding hydrogens is 378 g/mol. The van der Waals surface area contributed by atoms with Crippen LogP contribution in [0, 0.1) is 5.41 Å². The molecule has 0 bridgehead atoms. The number of fused-ring (bicyclic) bond motifs is 2. The maximum Gasteiger partial charge on any atom is 0.261 e. The van der Waals surface area contributed by atoms with Gasteiger partial charge in [-0.2, -0.15) is 0 Å². The highest BCUT2D eigenvalue weighted by molar-refractivity contribution is 7.99. The lowest BCUT2D eigenvalue weighted by Crippen LogP contribution is -2.29. The molecular formula is C20H21N3O2S2. The van der Waals surface area contributed by atoms with Gasteiger partial charge in [-0.3, -0.25) is 9.59 Å². The number of aromatic amines is 1. The van der Waals surface area contributed by atoms with Crippen LogP contribution in [0.25, 0.3) is 21.5 Å². The van der Waals surface area contributed by atoms with Gasteiger partial charge in [0.15, 0.2) is 16.6 Å². The predicted octanol–water partition coefficient (Wildman–Crippen LogP) is 4.70. The van der Waals surface area contributed by atoms with Crippen molar-refractivity contribution in [2.45, 2.75) is 45.2 Å². The molecule has 0 aliphatic heterocycles. The second-order valence-corrected chi connectivity index (χ2v) is 9.68. The number of thioether (sulfide) groups is 1. The SMILES string of the molecule is CCCSc1nc2nc3c(c(-c4cccs4)c2c(=O)[nH]1)C(=O)CC(C)(C)C3. The lowest BCUT2D eigenvalue weighted by atomic mass is 9.74. The van der Waals surface area contributed by atoms with Crippen LogP contribution in [-0.2, 0) is 6.42 Å². The molecule has 1 N–H and O–H groups in total. The lowest BCUT2D eigenvalue weighted by molar-refractivity contribution is 0.0911. The molecule has 0 atom stereocenters. The largest absolute Gasteiger partial charge is 0.301 e. The van der Waals surface area contributed by atoms with Crippen LogP contribution in [0.5, 0.6) is 0 Å². The number of hydrogen-bond donors (Lipinski definition) is 1. The Morgan fingerprint density at radius 3 is 2.74 bits per heavy atom. The van der Waals surface area contributed by atoms with Crippen molar-refractivity contribution in [1.29, 1.82) is 0 Å². The minimum atomic E-state index is -0.227. The van der Waals surface area contributed by atoms with Crippen LogP contribution < -0.4 is 5.56 Å². The second kappa shape index (κ2) is 6.87. The molecule has 0 saturated carbocycles. The summed E-state index contributed by atoms with van der Waals surface area (Å²) in [5.41, 5.74) is 2.13. The van der Waals surface area contributed by atoms with Crippen molar-refractivity contribution < 1.29 is 4.79 Å². The molecule has 140 valence electrons. The van der Waals surface area contributed by atoms with E-state index in [1.54, 1.807) is 0 Å². The molecule has 3 aromatic heterocycles. The van der Waals surface area contributed by atoms with Gasteiger partial charge in [0.25, 0.3) is 5.56 Å². The number of Topliss-reactive ketones (excluding diaryl/α,β-unsaturated/α-hetero) is 1. The van der Waals surface area contributed by atoms with Gasteiger partial charge in [0.1, 0.15) is 0 Å². The van der Waals surface area contributed by atoms with Crippen molar-refractivity contribution in [3.8, 4) is 10.4 Å². The maximum absolute atomic E-state index is 13.0. The topological polar surface area (TPSA) is 75.7 Å². The van der Waals surface area contributed by atoms with E-state index >= 15 is 0 Å². The van der Waals surface area contributed by atoms with Gasteiger partial charge in [0, 0.05) is 28.2 Å². The Hall–Kier alpha value is -1.99. The maximum atomic E-state index is 13.0. The fraction of sp³-hybridized carbons (Fsp3) is 0.400. The Morgan fingerprint density at radius 2 is 2.04 bits per heavy atom. The van der Waals surface area contributed by atoms with Crippen LogP contribution >= 0.6 is 23.1 Å². The first-order chi connectivity index (χ1) is 12.9. The molecule has 27 heavy (non-hydrogen) atoms. The quantitative estimate of drug-likeness (QED) is 0.508. The molecule has 0 amide bonds. The molecule has 0 aromatic carbocycles. The van der Waals surface area contributed by atoms with E-state index in [0.29, 0.717) is 40.2 Å². The van der Waals surface area contributed by atoms with Crippen molar-refractivity contribution in [2.75, 3.05) is 5.75 Å². The first kappa shape index (κ1) is 18.4. The average molecular weight is 400 g/mol. The van der Waals surface area contributed by atoms with Crippen LogP contribution in [0.1, 0.15) is 49.7 Å². The monoisotopic (exact) mass is 399 g/mol. The molecule has 0 saturated heterocycles. The number of ketones is 1. The third-order valence-electron chi connectivity index (χ3n) is 4.68. The van der Waals surface area contributed by atoms with E-state index in [2.05, 4.69) is 30.7 Å². The molecule has 4 rings (SSSR count). The van der Waals surface area contributed by atoms with Gasteiger partial charge in [0.05, 0.1) is 11.1 Å². The summed E-state index contributed by atoms with van der Waals surface area (Å²) in [5, 5.41) is 2.96. The van der Waals surface area contributed by atoms with Crippen molar-refractivity contribution in [3.63, 3.8) is 0 Å². The Kier molecular flexibility index (Phi) is 4.68. The molecule has 1 aliphatic carbocycles. The number of H-pyrrole nitrogens is 1. The number of carbonyl (C=O) groups excluding carboxylic acids is 1. The van der Waals surface area contributed by atoms with Gasteiger partial charge in [-0.05, 0) is 29.7 Å². The Morgan fingerprint density at radius 1 is 1.22 bits per heavy atom. The molecule has 0 fully saturated rings. The molecule has 7 heteroatoms. The first-order valence-corrected chi connectivity index (χ1v) is 10.9. The van der Waals surface area contributed by atoms with Gasteiger partial charge in [-0.15, -0.1) is 11.3 Å². The summed E-state index contributed by atoms with van der Waals surface area (Å²) in [7, 11) is 0. The molecule has 0 unspecified atom stereocenters. The number of aromatic nitrogens is 3. The molecule has 5 nitrogen and oxygen atoms in total. The van der Waals surface area contributed by atoms with Crippen molar-refractivity contribution in [1.82, 2.24) is 15.0 Å². The van der Waals surface area contributed by atoms with E-state index < -0.39 is 0 Å². The highest BCUT2D eigenvalue weighted by Gasteiger charge is 2.35.